The normalized spacial score (nSPS) is 10.9. The molecule has 0 aliphatic rings. The molecule has 1 aromatic rings. The molecule has 0 heterocycles. The highest BCUT2D eigenvalue weighted by Crippen LogP contribution is 2.17. The average Bonchev–Trinajstić information content (AvgIpc) is 2.28. The van der Waals surface area contributed by atoms with E-state index in [9.17, 15) is 4.39 Å². The van der Waals surface area contributed by atoms with Crippen LogP contribution in [0.1, 0.15) is 26.7 Å². The monoisotopic (exact) mass is 238 g/mol. The van der Waals surface area contributed by atoms with E-state index in [0.29, 0.717) is 11.7 Å². The maximum atomic E-state index is 13.5. The quantitative estimate of drug-likeness (QED) is 0.734. The molecular weight excluding hydrogens is 215 g/mol. The van der Waals surface area contributed by atoms with Gasteiger partial charge in [-0.25, -0.2) is 4.39 Å². The summed E-state index contributed by atoms with van der Waals surface area (Å²) in [5, 5.41) is 3.38. The van der Waals surface area contributed by atoms with Gasteiger partial charge in [0, 0.05) is 19.6 Å². The molecule has 0 spiro atoms. The van der Waals surface area contributed by atoms with Gasteiger partial charge in [0.25, 0.3) is 0 Å². The number of rotatable bonds is 7. The van der Waals surface area contributed by atoms with Crippen molar-refractivity contribution in [2.75, 3.05) is 25.0 Å². The second-order valence-electron chi connectivity index (χ2n) is 4.69. The minimum Gasteiger partial charge on any atom is -0.372 e. The third-order valence-corrected chi connectivity index (χ3v) is 2.74. The lowest BCUT2D eigenvalue weighted by molar-refractivity contribution is 0.555. The lowest BCUT2D eigenvalue weighted by atomic mass is 10.2. The van der Waals surface area contributed by atoms with E-state index in [1.807, 2.05) is 24.1 Å². The van der Waals surface area contributed by atoms with E-state index in [4.69, 9.17) is 0 Å². The Morgan fingerprint density at radius 3 is 2.59 bits per heavy atom. The first-order valence-corrected chi connectivity index (χ1v) is 6.30. The van der Waals surface area contributed by atoms with Crippen molar-refractivity contribution in [1.82, 2.24) is 5.32 Å². The van der Waals surface area contributed by atoms with Gasteiger partial charge in [-0.2, -0.15) is 0 Å². The van der Waals surface area contributed by atoms with Gasteiger partial charge >= 0.3 is 0 Å². The van der Waals surface area contributed by atoms with Crippen LogP contribution in [0.5, 0.6) is 0 Å². The van der Waals surface area contributed by atoms with Crippen LogP contribution in [0.15, 0.2) is 24.3 Å². The number of anilines is 1. The molecule has 0 fully saturated rings. The molecule has 0 saturated carbocycles. The van der Waals surface area contributed by atoms with Crippen molar-refractivity contribution in [3.63, 3.8) is 0 Å². The number of nitrogens with zero attached hydrogens (tertiary/aromatic N) is 1. The van der Waals surface area contributed by atoms with E-state index < -0.39 is 0 Å². The number of unbranched alkanes of at least 4 members (excludes halogenated alkanes) is 1. The molecule has 2 nitrogen and oxygen atoms in total. The van der Waals surface area contributed by atoms with Gasteiger partial charge in [0.1, 0.15) is 5.82 Å². The summed E-state index contributed by atoms with van der Waals surface area (Å²) in [6.45, 7) is 6.21. The molecule has 0 radical (unpaired) electrons. The molecule has 1 rings (SSSR count). The fourth-order valence-corrected chi connectivity index (χ4v) is 1.75. The van der Waals surface area contributed by atoms with E-state index in [-0.39, 0.29) is 5.82 Å². The van der Waals surface area contributed by atoms with Crippen LogP contribution in [0.4, 0.5) is 10.1 Å². The first-order valence-electron chi connectivity index (χ1n) is 6.30. The zero-order valence-electron chi connectivity index (χ0n) is 11.0. The molecular formula is C14H23FN2. The topological polar surface area (TPSA) is 15.3 Å². The lowest BCUT2D eigenvalue weighted by Gasteiger charge is -2.19. The molecule has 0 aliphatic heterocycles. The van der Waals surface area contributed by atoms with Crippen molar-refractivity contribution in [2.24, 2.45) is 0 Å². The van der Waals surface area contributed by atoms with Gasteiger partial charge in [-0.05, 0) is 31.5 Å². The number of halogens is 1. The van der Waals surface area contributed by atoms with Gasteiger partial charge in [-0.3, -0.25) is 0 Å². The van der Waals surface area contributed by atoms with E-state index in [0.717, 1.165) is 25.9 Å². The fraction of sp³-hybridized carbons (Fsp3) is 0.571. The van der Waals surface area contributed by atoms with Crippen LogP contribution in [-0.4, -0.2) is 26.2 Å². The van der Waals surface area contributed by atoms with Gasteiger partial charge in [0.15, 0.2) is 0 Å². The number of nitrogens with one attached hydrogen (secondary N) is 1. The number of benzene rings is 1. The third-order valence-electron chi connectivity index (χ3n) is 2.74. The van der Waals surface area contributed by atoms with Crippen molar-refractivity contribution in [1.29, 1.82) is 0 Å². The molecule has 3 heteroatoms. The Morgan fingerprint density at radius 1 is 1.24 bits per heavy atom. The molecule has 0 bridgehead atoms. The fourth-order valence-electron chi connectivity index (χ4n) is 1.75. The Kier molecular flexibility index (Phi) is 5.98. The first-order chi connectivity index (χ1) is 8.11. The van der Waals surface area contributed by atoms with E-state index in [1.54, 1.807) is 6.07 Å². The van der Waals surface area contributed by atoms with Crippen LogP contribution >= 0.6 is 0 Å². The maximum absolute atomic E-state index is 13.5. The molecule has 0 atom stereocenters. The van der Waals surface area contributed by atoms with Crippen molar-refractivity contribution in [3.05, 3.63) is 30.1 Å². The summed E-state index contributed by atoms with van der Waals surface area (Å²) in [6, 6.07) is 7.46. The SMILES string of the molecule is CC(C)NCCCCN(C)c1ccccc1F. The van der Waals surface area contributed by atoms with Crippen LogP contribution in [0.3, 0.4) is 0 Å². The van der Waals surface area contributed by atoms with Gasteiger partial charge in [-0.15, -0.1) is 0 Å². The van der Waals surface area contributed by atoms with Gasteiger partial charge in [-0.1, -0.05) is 26.0 Å². The zero-order chi connectivity index (χ0) is 12.7. The highest BCUT2D eigenvalue weighted by Gasteiger charge is 2.05. The predicted octanol–water partition coefficient (Wildman–Crippen LogP) is 3.04. The number of hydrogen-bond acceptors (Lipinski definition) is 2. The third kappa shape index (κ3) is 5.18. The average molecular weight is 238 g/mol. The molecule has 0 amide bonds. The highest BCUT2D eigenvalue weighted by atomic mass is 19.1. The number of para-hydroxylation sites is 1. The smallest absolute Gasteiger partial charge is 0.146 e. The second-order valence-corrected chi connectivity index (χ2v) is 4.69. The highest BCUT2D eigenvalue weighted by molar-refractivity contribution is 5.46. The van der Waals surface area contributed by atoms with Crippen molar-refractivity contribution >= 4 is 5.69 Å². The van der Waals surface area contributed by atoms with E-state index >= 15 is 0 Å². The van der Waals surface area contributed by atoms with Crippen molar-refractivity contribution in [2.45, 2.75) is 32.7 Å². The lowest BCUT2D eigenvalue weighted by Crippen LogP contribution is -2.25. The van der Waals surface area contributed by atoms with Crippen molar-refractivity contribution in [3.8, 4) is 0 Å². The minimum absolute atomic E-state index is 0.143. The Hall–Kier alpha value is -1.09. The van der Waals surface area contributed by atoms with Crippen LogP contribution in [0.25, 0.3) is 0 Å². The molecule has 17 heavy (non-hydrogen) atoms. The van der Waals surface area contributed by atoms with Crippen LogP contribution in [0.2, 0.25) is 0 Å². The summed E-state index contributed by atoms with van der Waals surface area (Å²) in [7, 11) is 1.94. The largest absolute Gasteiger partial charge is 0.372 e. The van der Waals surface area contributed by atoms with Gasteiger partial charge in [0.2, 0.25) is 0 Å². The van der Waals surface area contributed by atoms with Crippen molar-refractivity contribution < 1.29 is 4.39 Å². The molecule has 1 aromatic carbocycles. The molecule has 0 saturated heterocycles. The van der Waals surface area contributed by atoms with Gasteiger partial charge in [0.05, 0.1) is 5.69 Å². The predicted molar refractivity (Wildman–Crippen MR) is 72.0 cm³/mol. The first kappa shape index (κ1) is 14.0. The molecule has 0 unspecified atom stereocenters. The minimum atomic E-state index is -0.143. The molecule has 1 N–H and O–H groups in total. The summed E-state index contributed by atoms with van der Waals surface area (Å²) in [5.41, 5.74) is 0.685. The maximum Gasteiger partial charge on any atom is 0.146 e. The number of hydrogen-bond donors (Lipinski definition) is 1. The summed E-state index contributed by atoms with van der Waals surface area (Å²) in [6.07, 6.45) is 2.20. The second kappa shape index (κ2) is 7.28. The summed E-state index contributed by atoms with van der Waals surface area (Å²) in [4.78, 5) is 1.98. The van der Waals surface area contributed by atoms with E-state index in [1.165, 1.54) is 6.07 Å². The van der Waals surface area contributed by atoms with Crippen LogP contribution in [-0.2, 0) is 0 Å². The Bertz CT molecular complexity index is 326. The summed E-state index contributed by atoms with van der Waals surface area (Å²) in [5.74, 6) is -0.143. The Balaban J connectivity index is 2.26. The Labute approximate surface area is 104 Å². The summed E-state index contributed by atoms with van der Waals surface area (Å²) < 4.78 is 13.5. The summed E-state index contributed by atoms with van der Waals surface area (Å²) >= 11 is 0. The van der Waals surface area contributed by atoms with Gasteiger partial charge < -0.3 is 10.2 Å². The molecule has 0 aromatic heterocycles. The van der Waals surface area contributed by atoms with Crippen LogP contribution in [0, 0.1) is 5.82 Å². The standard InChI is InChI=1S/C14H23FN2/c1-12(2)16-10-6-7-11-17(3)14-9-5-4-8-13(14)15/h4-5,8-9,12,16H,6-7,10-11H2,1-3H3. The molecule has 96 valence electrons. The Morgan fingerprint density at radius 2 is 1.94 bits per heavy atom. The molecule has 0 aliphatic carbocycles. The zero-order valence-corrected chi connectivity index (χ0v) is 11.0. The van der Waals surface area contributed by atoms with E-state index in [2.05, 4.69) is 19.2 Å². The van der Waals surface area contributed by atoms with Crippen LogP contribution < -0.4 is 10.2 Å².